The minimum Gasteiger partial charge on any atom is -0.310 e. The zero-order chi connectivity index (χ0) is 14.5. The van der Waals surface area contributed by atoms with E-state index in [-0.39, 0.29) is 10.9 Å². The smallest absolute Gasteiger partial charge is 0.310 e. The predicted octanol–water partition coefficient (Wildman–Crippen LogP) is 4.97. The van der Waals surface area contributed by atoms with E-state index >= 15 is 0 Å². The Morgan fingerprint density at radius 1 is 1.32 bits per heavy atom. The average Bonchev–Trinajstić information content (AvgIpc) is 2.32. The maximum absolute atomic E-state index is 13.1. The van der Waals surface area contributed by atoms with Crippen LogP contribution in [0.5, 0.6) is 0 Å². The topological polar surface area (TPSA) is 12.0 Å². The first-order chi connectivity index (χ1) is 8.83. The Kier molecular flexibility index (Phi) is 6.26. The van der Waals surface area contributed by atoms with Crippen LogP contribution in [0.25, 0.3) is 0 Å². The highest BCUT2D eigenvalue weighted by molar-refractivity contribution is 9.10. The number of rotatable bonds is 6. The molecule has 0 aliphatic heterocycles. The fourth-order valence-corrected chi connectivity index (χ4v) is 2.14. The van der Waals surface area contributed by atoms with Gasteiger partial charge in [-0.25, -0.2) is 4.39 Å². The van der Waals surface area contributed by atoms with Crippen molar-refractivity contribution in [3.63, 3.8) is 0 Å². The quantitative estimate of drug-likeness (QED) is 0.720. The summed E-state index contributed by atoms with van der Waals surface area (Å²) < 4.78 is 50.3. The third-order valence-corrected chi connectivity index (χ3v) is 3.31. The van der Waals surface area contributed by atoms with Gasteiger partial charge < -0.3 is 5.32 Å². The molecular formula is C13H16BrF4N. The normalized spacial score (nSPS) is 13.6. The lowest BCUT2D eigenvalue weighted by atomic mass is 10.0. The maximum atomic E-state index is 13.1. The molecule has 0 spiro atoms. The Labute approximate surface area is 118 Å². The molecule has 6 heteroatoms. The molecule has 0 aliphatic rings. The Bertz CT molecular complexity index is 406. The Morgan fingerprint density at radius 2 is 2.00 bits per heavy atom. The Morgan fingerprint density at radius 3 is 2.53 bits per heavy atom. The van der Waals surface area contributed by atoms with Crippen molar-refractivity contribution >= 4 is 15.9 Å². The molecule has 1 N–H and O–H groups in total. The minimum absolute atomic E-state index is 0.0540. The number of alkyl halides is 3. The second-order valence-corrected chi connectivity index (χ2v) is 5.19. The molecule has 0 saturated heterocycles. The lowest BCUT2D eigenvalue weighted by Crippen LogP contribution is -2.24. The third-order valence-electron chi connectivity index (χ3n) is 2.70. The predicted molar refractivity (Wildman–Crippen MR) is 70.4 cm³/mol. The van der Waals surface area contributed by atoms with Crippen molar-refractivity contribution in [2.24, 2.45) is 0 Å². The van der Waals surface area contributed by atoms with Crippen LogP contribution < -0.4 is 5.32 Å². The van der Waals surface area contributed by atoms with Gasteiger partial charge in [0.15, 0.2) is 0 Å². The highest BCUT2D eigenvalue weighted by atomic mass is 79.9. The van der Waals surface area contributed by atoms with E-state index in [1.165, 1.54) is 18.2 Å². The second-order valence-electron chi connectivity index (χ2n) is 4.33. The summed E-state index contributed by atoms with van der Waals surface area (Å²) in [6, 6.07) is 3.88. The summed E-state index contributed by atoms with van der Waals surface area (Å²) in [5, 5.41) is 3.06. The lowest BCUT2D eigenvalue weighted by Gasteiger charge is -2.20. The molecule has 1 aromatic carbocycles. The molecule has 1 atom stereocenters. The van der Waals surface area contributed by atoms with E-state index in [0.717, 1.165) is 6.42 Å². The molecule has 1 nitrogen and oxygen atoms in total. The molecule has 0 radical (unpaired) electrons. The van der Waals surface area contributed by atoms with Crippen molar-refractivity contribution in [1.82, 2.24) is 5.32 Å². The summed E-state index contributed by atoms with van der Waals surface area (Å²) in [7, 11) is 0. The second kappa shape index (κ2) is 7.24. The van der Waals surface area contributed by atoms with Gasteiger partial charge >= 0.3 is 6.18 Å². The van der Waals surface area contributed by atoms with Gasteiger partial charge in [-0.3, -0.25) is 0 Å². The van der Waals surface area contributed by atoms with Crippen LogP contribution in [0, 0.1) is 5.82 Å². The van der Waals surface area contributed by atoms with Crippen molar-refractivity contribution in [2.45, 2.75) is 38.4 Å². The molecule has 108 valence electrons. The van der Waals surface area contributed by atoms with E-state index in [1.807, 2.05) is 6.92 Å². The van der Waals surface area contributed by atoms with Gasteiger partial charge in [0, 0.05) is 12.5 Å². The van der Waals surface area contributed by atoms with Crippen LogP contribution in [-0.4, -0.2) is 12.7 Å². The van der Waals surface area contributed by atoms with Crippen LogP contribution in [0.3, 0.4) is 0 Å². The standard InChI is InChI=1S/C13H16BrF4N/c1-2-7-19-12(5-6-13(16,17)18)9-3-4-11(15)10(14)8-9/h3-4,8,12,19H,2,5-7H2,1H3. The maximum Gasteiger partial charge on any atom is 0.389 e. The van der Waals surface area contributed by atoms with Gasteiger partial charge in [-0.05, 0) is 53.0 Å². The summed E-state index contributed by atoms with van der Waals surface area (Å²) in [5.41, 5.74) is 0.658. The van der Waals surface area contributed by atoms with E-state index in [9.17, 15) is 17.6 Å². The SMILES string of the molecule is CCCNC(CCC(F)(F)F)c1ccc(F)c(Br)c1. The molecular weight excluding hydrogens is 326 g/mol. The zero-order valence-electron chi connectivity index (χ0n) is 10.5. The number of benzene rings is 1. The fourth-order valence-electron chi connectivity index (χ4n) is 1.74. The molecule has 1 rings (SSSR count). The largest absolute Gasteiger partial charge is 0.389 e. The van der Waals surface area contributed by atoms with Gasteiger partial charge in [0.25, 0.3) is 0 Å². The van der Waals surface area contributed by atoms with Crippen molar-refractivity contribution in [3.8, 4) is 0 Å². The Balaban J connectivity index is 2.79. The lowest BCUT2D eigenvalue weighted by molar-refractivity contribution is -0.136. The van der Waals surface area contributed by atoms with Crippen LogP contribution in [0.15, 0.2) is 22.7 Å². The van der Waals surface area contributed by atoms with E-state index < -0.39 is 24.5 Å². The highest BCUT2D eigenvalue weighted by Crippen LogP contribution is 2.29. The first-order valence-corrected chi connectivity index (χ1v) is 6.88. The Hall–Kier alpha value is -0.620. The molecule has 0 heterocycles. The van der Waals surface area contributed by atoms with E-state index in [0.29, 0.717) is 12.1 Å². The monoisotopic (exact) mass is 341 g/mol. The number of nitrogens with one attached hydrogen (secondary N) is 1. The molecule has 1 aromatic rings. The number of hydrogen-bond donors (Lipinski definition) is 1. The molecule has 0 aliphatic carbocycles. The minimum atomic E-state index is -4.18. The summed E-state index contributed by atoms with van der Waals surface area (Å²) in [6.07, 6.45) is -4.26. The van der Waals surface area contributed by atoms with Crippen molar-refractivity contribution in [3.05, 3.63) is 34.1 Å². The molecule has 0 amide bonds. The molecule has 0 aromatic heterocycles. The van der Waals surface area contributed by atoms with Gasteiger partial charge in [-0.15, -0.1) is 0 Å². The number of halogens is 5. The van der Waals surface area contributed by atoms with Gasteiger partial charge in [0.1, 0.15) is 5.82 Å². The van der Waals surface area contributed by atoms with E-state index in [1.54, 1.807) is 0 Å². The van der Waals surface area contributed by atoms with Crippen molar-refractivity contribution in [1.29, 1.82) is 0 Å². The van der Waals surface area contributed by atoms with Crippen LogP contribution in [0.1, 0.15) is 37.8 Å². The van der Waals surface area contributed by atoms with Gasteiger partial charge in [-0.1, -0.05) is 13.0 Å². The first kappa shape index (κ1) is 16.4. The highest BCUT2D eigenvalue weighted by Gasteiger charge is 2.28. The summed E-state index contributed by atoms with van der Waals surface area (Å²) in [5.74, 6) is -0.422. The van der Waals surface area contributed by atoms with Gasteiger partial charge in [0.05, 0.1) is 4.47 Å². The molecule has 19 heavy (non-hydrogen) atoms. The number of hydrogen-bond acceptors (Lipinski definition) is 1. The first-order valence-electron chi connectivity index (χ1n) is 6.08. The molecule has 0 bridgehead atoms. The van der Waals surface area contributed by atoms with Crippen LogP contribution >= 0.6 is 15.9 Å². The zero-order valence-corrected chi connectivity index (χ0v) is 12.1. The third kappa shape index (κ3) is 5.91. The molecule has 1 unspecified atom stereocenters. The van der Waals surface area contributed by atoms with Gasteiger partial charge in [-0.2, -0.15) is 13.2 Å². The van der Waals surface area contributed by atoms with Gasteiger partial charge in [0.2, 0.25) is 0 Å². The van der Waals surface area contributed by atoms with Crippen LogP contribution in [0.4, 0.5) is 17.6 Å². The average molecular weight is 342 g/mol. The molecule has 0 saturated carbocycles. The summed E-state index contributed by atoms with van der Waals surface area (Å²) in [6.45, 7) is 2.56. The summed E-state index contributed by atoms with van der Waals surface area (Å²) >= 11 is 3.05. The molecule has 0 fully saturated rings. The summed E-state index contributed by atoms with van der Waals surface area (Å²) in [4.78, 5) is 0. The van der Waals surface area contributed by atoms with Crippen LogP contribution in [0.2, 0.25) is 0 Å². The van der Waals surface area contributed by atoms with Crippen molar-refractivity contribution < 1.29 is 17.6 Å². The van der Waals surface area contributed by atoms with Crippen molar-refractivity contribution in [2.75, 3.05) is 6.54 Å². The fraction of sp³-hybridized carbons (Fsp3) is 0.538. The van der Waals surface area contributed by atoms with E-state index in [4.69, 9.17) is 0 Å². The van der Waals surface area contributed by atoms with E-state index in [2.05, 4.69) is 21.2 Å². The van der Waals surface area contributed by atoms with Crippen LogP contribution in [-0.2, 0) is 0 Å².